The Balaban J connectivity index is 1.60. The normalized spacial score (nSPS) is 16.6. The van der Waals surface area contributed by atoms with Crippen LogP contribution in [-0.4, -0.2) is 31.1 Å². The molecule has 0 aliphatic carbocycles. The lowest BCUT2D eigenvalue weighted by Gasteiger charge is -2.36. The zero-order chi connectivity index (χ0) is 13.9. The van der Waals surface area contributed by atoms with Crippen LogP contribution in [0.2, 0.25) is 0 Å². The molecule has 106 valence electrons. The van der Waals surface area contributed by atoms with E-state index in [4.69, 9.17) is 4.42 Å². The Morgan fingerprint density at radius 3 is 2.50 bits per heavy atom. The zero-order valence-electron chi connectivity index (χ0n) is 12.3. The van der Waals surface area contributed by atoms with Crippen molar-refractivity contribution in [2.24, 2.45) is 0 Å². The molecule has 0 amide bonds. The van der Waals surface area contributed by atoms with Crippen LogP contribution in [0.15, 0.2) is 41.2 Å². The van der Waals surface area contributed by atoms with Gasteiger partial charge in [-0.05, 0) is 31.5 Å². The number of benzene rings is 1. The number of piperazine rings is 1. The van der Waals surface area contributed by atoms with Crippen LogP contribution in [0.1, 0.15) is 16.7 Å². The highest BCUT2D eigenvalue weighted by atomic mass is 16.3. The maximum Gasteiger partial charge on any atom is 0.0947 e. The van der Waals surface area contributed by atoms with E-state index in [0.717, 1.165) is 32.7 Å². The van der Waals surface area contributed by atoms with Crippen molar-refractivity contribution in [2.45, 2.75) is 20.4 Å². The second-order valence-electron chi connectivity index (χ2n) is 5.68. The molecule has 0 saturated carbocycles. The summed E-state index contributed by atoms with van der Waals surface area (Å²) in [6.07, 6.45) is 3.59. The molecule has 0 unspecified atom stereocenters. The second kappa shape index (κ2) is 5.71. The quantitative estimate of drug-likeness (QED) is 0.854. The summed E-state index contributed by atoms with van der Waals surface area (Å²) >= 11 is 0. The molecule has 0 bridgehead atoms. The summed E-state index contributed by atoms with van der Waals surface area (Å²) < 4.78 is 5.14. The first kappa shape index (κ1) is 13.3. The molecular formula is C17H22N2O. The van der Waals surface area contributed by atoms with Crippen molar-refractivity contribution in [3.63, 3.8) is 0 Å². The SMILES string of the molecule is Cc1ccc(N2CCN(Cc3ccoc3)CC2)c(C)c1. The van der Waals surface area contributed by atoms with Crippen LogP contribution in [0.3, 0.4) is 0 Å². The third-order valence-electron chi connectivity index (χ3n) is 4.05. The van der Waals surface area contributed by atoms with Crippen molar-refractivity contribution in [2.75, 3.05) is 31.1 Å². The molecule has 3 nitrogen and oxygen atoms in total. The predicted octanol–water partition coefficient (Wildman–Crippen LogP) is 3.22. The third-order valence-corrected chi connectivity index (χ3v) is 4.05. The first-order chi connectivity index (χ1) is 9.72. The van der Waals surface area contributed by atoms with Crippen LogP contribution in [0.25, 0.3) is 0 Å². The first-order valence-corrected chi connectivity index (χ1v) is 7.28. The maximum atomic E-state index is 5.14. The lowest BCUT2D eigenvalue weighted by atomic mass is 10.1. The van der Waals surface area contributed by atoms with E-state index in [0.29, 0.717) is 0 Å². The van der Waals surface area contributed by atoms with Crippen LogP contribution in [0.4, 0.5) is 5.69 Å². The number of rotatable bonds is 3. The van der Waals surface area contributed by atoms with E-state index in [1.807, 2.05) is 6.26 Å². The minimum absolute atomic E-state index is 0.997. The summed E-state index contributed by atoms with van der Waals surface area (Å²) in [5, 5.41) is 0. The molecule has 0 spiro atoms. The van der Waals surface area contributed by atoms with Gasteiger partial charge >= 0.3 is 0 Å². The zero-order valence-corrected chi connectivity index (χ0v) is 12.3. The molecule has 0 N–H and O–H groups in total. The molecule has 1 fully saturated rings. The average Bonchev–Trinajstić information content (AvgIpc) is 2.93. The largest absolute Gasteiger partial charge is 0.472 e. The molecule has 1 aliphatic heterocycles. The molecule has 1 saturated heterocycles. The minimum atomic E-state index is 0.997. The maximum absolute atomic E-state index is 5.14. The minimum Gasteiger partial charge on any atom is -0.472 e. The summed E-state index contributed by atoms with van der Waals surface area (Å²) in [5.41, 5.74) is 5.38. The van der Waals surface area contributed by atoms with Gasteiger partial charge < -0.3 is 9.32 Å². The molecule has 1 aromatic carbocycles. The van der Waals surface area contributed by atoms with Gasteiger partial charge in [-0.25, -0.2) is 0 Å². The van der Waals surface area contributed by atoms with E-state index in [-0.39, 0.29) is 0 Å². The second-order valence-corrected chi connectivity index (χ2v) is 5.68. The van der Waals surface area contributed by atoms with Crippen molar-refractivity contribution >= 4 is 5.69 Å². The predicted molar refractivity (Wildman–Crippen MR) is 82.1 cm³/mol. The van der Waals surface area contributed by atoms with Gasteiger partial charge in [0.05, 0.1) is 12.5 Å². The fraction of sp³-hybridized carbons (Fsp3) is 0.412. The molecule has 1 aliphatic rings. The van der Waals surface area contributed by atoms with Gasteiger partial charge in [-0.2, -0.15) is 0 Å². The van der Waals surface area contributed by atoms with Crippen LogP contribution in [0, 0.1) is 13.8 Å². The Bertz CT molecular complexity index is 554. The topological polar surface area (TPSA) is 19.6 Å². The lowest BCUT2D eigenvalue weighted by Crippen LogP contribution is -2.46. The van der Waals surface area contributed by atoms with Crippen molar-refractivity contribution in [1.82, 2.24) is 4.90 Å². The fourth-order valence-corrected chi connectivity index (χ4v) is 2.95. The van der Waals surface area contributed by atoms with Gasteiger partial charge in [0, 0.05) is 44.0 Å². The van der Waals surface area contributed by atoms with Gasteiger partial charge in [-0.15, -0.1) is 0 Å². The highest BCUT2D eigenvalue weighted by Gasteiger charge is 2.18. The number of nitrogens with zero attached hydrogens (tertiary/aromatic N) is 2. The van der Waals surface area contributed by atoms with Gasteiger partial charge in [-0.3, -0.25) is 4.90 Å². The summed E-state index contributed by atoms with van der Waals surface area (Å²) in [6, 6.07) is 8.79. The van der Waals surface area contributed by atoms with E-state index in [1.165, 1.54) is 22.4 Å². The third kappa shape index (κ3) is 2.88. The molecule has 2 aromatic rings. The monoisotopic (exact) mass is 270 g/mol. The van der Waals surface area contributed by atoms with Crippen LogP contribution in [-0.2, 0) is 6.54 Å². The van der Waals surface area contributed by atoms with Gasteiger partial charge in [0.1, 0.15) is 0 Å². The molecule has 0 radical (unpaired) electrons. The number of hydrogen-bond acceptors (Lipinski definition) is 3. The highest BCUT2D eigenvalue weighted by Crippen LogP contribution is 2.22. The Kier molecular flexibility index (Phi) is 3.79. The van der Waals surface area contributed by atoms with E-state index in [1.54, 1.807) is 6.26 Å². The standard InChI is InChI=1S/C17H22N2O/c1-14-3-4-17(15(2)11-14)19-8-6-18(7-9-19)12-16-5-10-20-13-16/h3-5,10-11,13H,6-9,12H2,1-2H3. The highest BCUT2D eigenvalue weighted by molar-refractivity contribution is 5.54. The molecule has 1 aromatic heterocycles. The van der Waals surface area contributed by atoms with E-state index < -0.39 is 0 Å². The van der Waals surface area contributed by atoms with Crippen LogP contribution >= 0.6 is 0 Å². The summed E-state index contributed by atoms with van der Waals surface area (Å²) in [6.45, 7) is 9.78. The summed E-state index contributed by atoms with van der Waals surface area (Å²) in [7, 11) is 0. The Morgan fingerprint density at radius 1 is 1.05 bits per heavy atom. The molecule has 3 heteroatoms. The summed E-state index contributed by atoms with van der Waals surface area (Å²) in [4.78, 5) is 4.99. The van der Waals surface area contributed by atoms with Gasteiger partial charge in [0.25, 0.3) is 0 Å². The van der Waals surface area contributed by atoms with E-state index in [9.17, 15) is 0 Å². The van der Waals surface area contributed by atoms with Crippen LogP contribution < -0.4 is 4.90 Å². The number of anilines is 1. The molecule has 0 atom stereocenters. The summed E-state index contributed by atoms with van der Waals surface area (Å²) in [5.74, 6) is 0. The van der Waals surface area contributed by atoms with E-state index >= 15 is 0 Å². The Morgan fingerprint density at radius 2 is 1.85 bits per heavy atom. The van der Waals surface area contributed by atoms with Gasteiger partial charge in [-0.1, -0.05) is 17.7 Å². The van der Waals surface area contributed by atoms with E-state index in [2.05, 4.69) is 47.9 Å². The smallest absolute Gasteiger partial charge is 0.0947 e. The number of aryl methyl sites for hydroxylation is 2. The van der Waals surface area contributed by atoms with Crippen molar-refractivity contribution in [3.05, 3.63) is 53.5 Å². The molecule has 3 rings (SSSR count). The molecule has 2 heterocycles. The van der Waals surface area contributed by atoms with Crippen molar-refractivity contribution in [1.29, 1.82) is 0 Å². The van der Waals surface area contributed by atoms with Gasteiger partial charge in [0.2, 0.25) is 0 Å². The first-order valence-electron chi connectivity index (χ1n) is 7.28. The van der Waals surface area contributed by atoms with Crippen LogP contribution in [0.5, 0.6) is 0 Å². The number of furan rings is 1. The Labute approximate surface area is 120 Å². The molecular weight excluding hydrogens is 248 g/mol. The van der Waals surface area contributed by atoms with Crippen molar-refractivity contribution < 1.29 is 4.42 Å². The lowest BCUT2D eigenvalue weighted by molar-refractivity contribution is 0.249. The Hall–Kier alpha value is -1.74. The average molecular weight is 270 g/mol. The molecule has 20 heavy (non-hydrogen) atoms. The van der Waals surface area contributed by atoms with Gasteiger partial charge in [0.15, 0.2) is 0 Å². The number of hydrogen-bond donors (Lipinski definition) is 0. The van der Waals surface area contributed by atoms with Crippen molar-refractivity contribution in [3.8, 4) is 0 Å². The fourth-order valence-electron chi connectivity index (χ4n) is 2.95.